The molecule has 0 atom stereocenters. The fourth-order valence-electron chi connectivity index (χ4n) is 1.29. The second-order valence-corrected chi connectivity index (χ2v) is 4.36. The van der Waals surface area contributed by atoms with Crippen LogP contribution in [0.2, 0.25) is 6.04 Å². The normalized spacial score (nSPS) is 9.27. The topological polar surface area (TPSA) is 53.5 Å². The smallest absolute Gasteiger partial charge is 0.160 e. The second-order valence-electron chi connectivity index (χ2n) is 2.97. The number of hydrogen-bond acceptors (Lipinski definition) is 3. The maximum Gasteiger partial charge on any atom is 0.160 e. The first kappa shape index (κ1) is 14.0. The fourth-order valence-corrected chi connectivity index (χ4v) is 2.41. The van der Waals surface area contributed by atoms with Crippen molar-refractivity contribution < 1.29 is 9.47 Å². The van der Waals surface area contributed by atoms with E-state index in [4.69, 9.17) is 9.47 Å². The summed E-state index contributed by atoms with van der Waals surface area (Å²) in [5.74, 6) is 1.72. The molecule has 1 rings (SSSR count). The monoisotopic (exact) mass is 225 g/mol. The highest BCUT2D eigenvalue weighted by Crippen LogP contribution is 2.23. The van der Waals surface area contributed by atoms with Gasteiger partial charge in [0.05, 0.1) is 23.7 Å². The Morgan fingerprint density at radius 2 is 1.93 bits per heavy atom. The van der Waals surface area contributed by atoms with Crippen LogP contribution in [0.3, 0.4) is 0 Å². The summed E-state index contributed by atoms with van der Waals surface area (Å²) in [6, 6.07) is 7.26. The molecule has 2 radical (unpaired) electrons. The van der Waals surface area contributed by atoms with Crippen molar-refractivity contribution in [3.63, 3.8) is 0 Å². The van der Waals surface area contributed by atoms with E-state index >= 15 is 0 Å². The molecule has 0 spiro atoms. The van der Waals surface area contributed by atoms with Crippen molar-refractivity contribution >= 4 is 14.7 Å². The van der Waals surface area contributed by atoms with Gasteiger partial charge in [0, 0.05) is 0 Å². The maximum atomic E-state index is 5.35. The van der Waals surface area contributed by atoms with Crippen molar-refractivity contribution in [3.8, 4) is 11.5 Å². The van der Waals surface area contributed by atoms with Crippen LogP contribution in [0.5, 0.6) is 11.5 Å². The molecule has 84 valence electrons. The predicted octanol–water partition coefficient (Wildman–Crippen LogP) is 2.02. The lowest BCUT2D eigenvalue weighted by Crippen LogP contribution is -2.16. The molecule has 3 nitrogen and oxygen atoms in total. The minimum atomic E-state index is 0. The van der Waals surface area contributed by atoms with Gasteiger partial charge in [0.15, 0.2) is 11.5 Å². The Balaban J connectivity index is 0.00000196. The van der Waals surface area contributed by atoms with E-state index in [0.29, 0.717) is 0 Å². The lowest BCUT2D eigenvalue weighted by atomic mass is 10.3. The predicted molar refractivity (Wildman–Crippen MR) is 65.1 cm³/mol. The molecule has 0 saturated carbocycles. The van der Waals surface area contributed by atoms with Gasteiger partial charge in [-0.15, -0.1) is 0 Å². The van der Waals surface area contributed by atoms with Crippen molar-refractivity contribution in [2.24, 2.45) is 0 Å². The Morgan fingerprint density at radius 1 is 1.20 bits per heavy atom. The zero-order valence-electron chi connectivity index (χ0n) is 9.67. The summed E-state index contributed by atoms with van der Waals surface area (Å²) in [6.45, 7) is 2.19. The van der Waals surface area contributed by atoms with Crippen LogP contribution in [0.1, 0.15) is 13.3 Å². The van der Waals surface area contributed by atoms with Crippen molar-refractivity contribution in [3.05, 3.63) is 18.2 Å². The minimum Gasteiger partial charge on any atom is -0.493 e. The molecule has 15 heavy (non-hydrogen) atoms. The Bertz CT molecular complexity index is 292. The molecular weight excluding hydrogens is 206 g/mol. The molecule has 0 unspecified atom stereocenters. The zero-order chi connectivity index (χ0) is 10.4. The highest BCUT2D eigenvalue weighted by Gasteiger charge is 2.08. The van der Waals surface area contributed by atoms with E-state index in [2.05, 4.69) is 13.0 Å². The van der Waals surface area contributed by atoms with Crippen LogP contribution >= 0.6 is 0 Å². The van der Waals surface area contributed by atoms with E-state index in [1.165, 1.54) is 17.7 Å². The van der Waals surface area contributed by atoms with Gasteiger partial charge in [0.1, 0.15) is 0 Å². The highest BCUT2D eigenvalue weighted by atomic mass is 28.2. The van der Waals surface area contributed by atoms with E-state index in [1.54, 1.807) is 14.2 Å². The molecule has 0 amide bonds. The first-order valence-electron chi connectivity index (χ1n) is 4.78. The van der Waals surface area contributed by atoms with Crippen LogP contribution in [0, 0.1) is 0 Å². The van der Waals surface area contributed by atoms with Crippen LogP contribution in [-0.2, 0) is 0 Å². The largest absolute Gasteiger partial charge is 0.493 e. The number of rotatable bonds is 5. The number of benzene rings is 1. The Morgan fingerprint density at radius 3 is 2.47 bits per heavy atom. The molecular formula is C11H19NO2Si. The molecule has 0 aliphatic heterocycles. The van der Waals surface area contributed by atoms with E-state index in [9.17, 15) is 0 Å². The molecule has 0 aliphatic rings. The van der Waals surface area contributed by atoms with Gasteiger partial charge in [0.25, 0.3) is 0 Å². The third kappa shape index (κ3) is 3.57. The van der Waals surface area contributed by atoms with Crippen molar-refractivity contribution in [2.75, 3.05) is 14.2 Å². The van der Waals surface area contributed by atoms with E-state index < -0.39 is 0 Å². The van der Waals surface area contributed by atoms with Gasteiger partial charge in [-0.3, -0.25) is 0 Å². The molecule has 0 heterocycles. The molecule has 3 N–H and O–H groups in total. The second kappa shape index (κ2) is 7.31. The molecule has 0 aliphatic carbocycles. The summed E-state index contributed by atoms with van der Waals surface area (Å²) in [7, 11) is 4.17. The summed E-state index contributed by atoms with van der Waals surface area (Å²) in [4.78, 5) is 0. The number of hydrogen-bond donors (Lipinski definition) is 1. The van der Waals surface area contributed by atoms with Gasteiger partial charge in [0.2, 0.25) is 0 Å². The Kier molecular flexibility index (Phi) is 6.82. The molecule has 1 aromatic rings. The van der Waals surface area contributed by atoms with Gasteiger partial charge in [-0.05, 0) is 11.3 Å². The standard InChI is InChI=1S/C11H16O2Si.H3N/c1-4-8-14-10-7-5-6-9(12-2)11(10)13-3;/h5-7H,4,8H2,1-3H3;1H3. The van der Waals surface area contributed by atoms with Crippen LogP contribution in [0.25, 0.3) is 0 Å². The average molecular weight is 225 g/mol. The van der Waals surface area contributed by atoms with Crippen LogP contribution < -0.4 is 20.8 Å². The van der Waals surface area contributed by atoms with Crippen LogP contribution in [-0.4, -0.2) is 23.7 Å². The molecule has 0 saturated heterocycles. The number of para-hydroxylation sites is 1. The number of ether oxygens (including phenoxy) is 2. The van der Waals surface area contributed by atoms with Crippen molar-refractivity contribution in [1.29, 1.82) is 0 Å². The molecule has 0 aromatic heterocycles. The first-order chi connectivity index (χ1) is 6.83. The summed E-state index contributed by atoms with van der Waals surface area (Å²) in [5.41, 5.74) is 0. The van der Waals surface area contributed by atoms with E-state index in [-0.39, 0.29) is 6.15 Å². The van der Waals surface area contributed by atoms with E-state index in [0.717, 1.165) is 21.0 Å². The Hall–Kier alpha value is -1.00. The summed E-state index contributed by atoms with van der Waals surface area (Å²) >= 11 is 0. The first-order valence-corrected chi connectivity index (χ1v) is 5.99. The molecule has 4 heteroatoms. The van der Waals surface area contributed by atoms with Crippen LogP contribution in [0.15, 0.2) is 18.2 Å². The van der Waals surface area contributed by atoms with Crippen molar-refractivity contribution in [2.45, 2.75) is 19.4 Å². The molecule has 0 bridgehead atoms. The number of methoxy groups -OCH3 is 2. The van der Waals surface area contributed by atoms with E-state index in [1.807, 2.05) is 12.1 Å². The van der Waals surface area contributed by atoms with Gasteiger partial charge >= 0.3 is 0 Å². The highest BCUT2D eigenvalue weighted by molar-refractivity contribution is 6.54. The Labute approximate surface area is 94.2 Å². The van der Waals surface area contributed by atoms with Gasteiger partial charge in [-0.2, -0.15) is 0 Å². The lowest BCUT2D eigenvalue weighted by Gasteiger charge is -2.11. The third-order valence-corrected chi connectivity index (χ3v) is 3.49. The van der Waals surface area contributed by atoms with Gasteiger partial charge < -0.3 is 15.6 Å². The fraction of sp³-hybridized carbons (Fsp3) is 0.455. The molecule has 0 fully saturated rings. The van der Waals surface area contributed by atoms with Crippen molar-refractivity contribution in [1.82, 2.24) is 6.15 Å². The summed E-state index contributed by atoms with van der Waals surface area (Å²) < 4.78 is 10.6. The zero-order valence-corrected chi connectivity index (χ0v) is 10.7. The van der Waals surface area contributed by atoms with Gasteiger partial charge in [-0.25, -0.2) is 0 Å². The SMILES string of the molecule is CCC[Si]c1cccc(OC)c1OC.N. The maximum absolute atomic E-state index is 5.35. The quantitative estimate of drug-likeness (QED) is 0.780. The average Bonchev–Trinajstić information content (AvgIpc) is 2.25. The van der Waals surface area contributed by atoms with Crippen LogP contribution in [0.4, 0.5) is 0 Å². The summed E-state index contributed by atoms with van der Waals surface area (Å²) in [6.07, 6.45) is 1.21. The minimum absolute atomic E-state index is 0. The third-order valence-electron chi connectivity index (χ3n) is 1.97. The molecule has 1 aromatic carbocycles. The summed E-state index contributed by atoms with van der Waals surface area (Å²) in [5, 5.41) is 1.26. The van der Waals surface area contributed by atoms with Gasteiger partial charge in [-0.1, -0.05) is 31.5 Å². The lowest BCUT2D eigenvalue weighted by molar-refractivity contribution is 0.357.